The molecule has 0 aromatic heterocycles. The van der Waals surface area contributed by atoms with Crippen LogP contribution in [0.3, 0.4) is 0 Å². The zero-order valence-electron chi connectivity index (χ0n) is 13.5. The maximum absolute atomic E-state index is 12.6. The van der Waals surface area contributed by atoms with Crippen LogP contribution < -0.4 is 5.32 Å². The van der Waals surface area contributed by atoms with Gasteiger partial charge in [0.05, 0.1) is 6.10 Å². The molecule has 2 rings (SSSR count). The van der Waals surface area contributed by atoms with Gasteiger partial charge in [-0.15, -0.1) is 12.4 Å². The number of amides is 1. The van der Waals surface area contributed by atoms with Crippen molar-refractivity contribution in [3.63, 3.8) is 0 Å². The minimum absolute atomic E-state index is 0. The van der Waals surface area contributed by atoms with E-state index >= 15 is 0 Å². The van der Waals surface area contributed by atoms with E-state index in [0.717, 1.165) is 57.8 Å². The van der Waals surface area contributed by atoms with Crippen LogP contribution in [-0.4, -0.2) is 49.2 Å². The van der Waals surface area contributed by atoms with Crippen LogP contribution in [0.15, 0.2) is 0 Å². The molecule has 4 nitrogen and oxygen atoms in total. The molecule has 2 fully saturated rings. The van der Waals surface area contributed by atoms with Gasteiger partial charge in [-0.05, 0) is 38.1 Å². The Morgan fingerprint density at radius 2 is 2.10 bits per heavy atom. The predicted molar refractivity (Wildman–Crippen MR) is 87.9 cm³/mol. The van der Waals surface area contributed by atoms with Gasteiger partial charge < -0.3 is 15.0 Å². The third-order valence-electron chi connectivity index (χ3n) is 4.54. The van der Waals surface area contributed by atoms with Crippen LogP contribution in [0.1, 0.15) is 52.4 Å². The van der Waals surface area contributed by atoms with Gasteiger partial charge in [-0.3, -0.25) is 4.79 Å². The molecule has 3 unspecified atom stereocenters. The summed E-state index contributed by atoms with van der Waals surface area (Å²) in [6, 6.07) is 0. The average molecular weight is 319 g/mol. The molecule has 1 aliphatic carbocycles. The Kier molecular flexibility index (Phi) is 8.60. The molecule has 3 atom stereocenters. The number of carbonyl (C=O) groups is 1. The molecule has 1 aliphatic heterocycles. The summed E-state index contributed by atoms with van der Waals surface area (Å²) in [4.78, 5) is 14.6. The molecular weight excluding hydrogens is 288 g/mol. The quantitative estimate of drug-likeness (QED) is 0.866. The van der Waals surface area contributed by atoms with Crippen molar-refractivity contribution in [2.75, 3.05) is 26.2 Å². The summed E-state index contributed by atoms with van der Waals surface area (Å²) in [7, 11) is 0. The summed E-state index contributed by atoms with van der Waals surface area (Å²) in [6.45, 7) is 7.96. The van der Waals surface area contributed by atoms with E-state index in [-0.39, 0.29) is 30.5 Å². The summed E-state index contributed by atoms with van der Waals surface area (Å²) < 4.78 is 6.16. The largest absolute Gasteiger partial charge is 0.365 e. The van der Waals surface area contributed by atoms with E-state index < -0.39 is 0 Å². The normalized spacial score (nSPS) is 28.4. The SMILES string of the molecule is CCC(OC1CCCC(C)C1)C(=O)N1CCCNCC1.Cl. The Hall–Kier alpha value is -0.320. The highest BCUT2D eigenvalue weighted by Crippen LogP contribution is 2.27. The van der Waals surface area contributed by atoms with Gasteiger partial charge in [0.2, 0.25) is 0 Å². The van der Waals surface area contributed by atoms with Crippen LogP contribution in [0.5, 0.6) is 0 Å². The summed E-state index contributed by atoms with van der Waals surface area (Å²) in [5.41, 5.74) is 0. The molecule has 0 aromatic carbocycles. The van der Waals surface area contributed by atoms with E-state index in [1.54, 1.807) is 0 Å². The standard InChI is InChI=1S/C16H30N2O2.ClH/c1-3-15(20-14-7-4-6-13(2)12-14)16(19)18-10-5-8-17-9-11-18;/h13-15,17H,3-12H2,1-2H3;1H. The van der Waals surface area contributed by atoms with Crippen molar-refractivity contribution in [3.05, 3.63) is 0 Å². The van der Waals surface area contributed by atoms with Crippen molar-refractivity contribution in [1.82, 2.24) is 10.2 Å². The van der Waals surface area contributed by atoms with Crippen LogP contribution >= 0.6 is 12.4 Å². The van der Waals surface area contributed by atoms with Crippen LogP contribution in [-0.2, 0) is 9.53 Å². The fourth-order valence-electron chi connectivity index (χ4n) is 3.33. The molecule has 0 radical (unpaired) electrons. The van der Waals surface area contributed by atoms with Gasteiger partial charge in [0.15, 0.2) is 0 Å². The van der Waals surface area contributed by atoms with Gasteiger partial charge in [-0.2, -0.15) is 0 Å². The van der Waals surface area contributed by atoms with Gasteiger partial charge >= 0.3 is 0 Å². The number of nitrogens with one attached hydrogen (secondary N) is 1. The lowest BCUT2D eigenvalue weighted by Gasteiger charge is -2.32. The molecule has 21 heavy (non-hydrogen) atoms. The van der Waals surface area contributed by atoms with Gasteiger partial charge in [0.25, 0.3) is 5.91 Å². The van der Waals surface area contributed by atoms with Crippen LogP contribution in [0.25, 0.3) is 0 Å². The van der Waals surface area contributed by atoms with Crippen molar-refractivity contribution in [2.45, 2.75) is 64.6 Å². The van der Waals surface area contributed by atoms with Crippen molar-refractivity contribution in [3.8, 4) is 0 Å². The molecule has 0 bridgehead atoms. The summed E-state index contributed by atoms with van der Waals surface area (Å²) >= 11 is 0. The molecule has 5 heteroatoms. The monoisotopic (exact) mass is 318 g/mol. The molecule has 2 aliphatic rings. The van der Waals surface area contributed by atoms with E-state index in [4.69, 9.17) is 4.74 Å². The zero-order chi connectivity index (χ0) is 14.4. The van der Waals surface area contributed by atoms with Gasteiger partial charge in [0, 0.05) is 19.6 Å². The topological polar surface area (TPSA) is 41.6 Å². The summed E-state index contributed by atoms with van der Waals surface area (Å²) in [5.74, 6) is 0.943. The smallest absolute Gasteiger partial charge is 0.251 e. The van der Waals surface area contributed by atoms with Crippen LogP contribution in [0.2, 0.25) is 0 Å². The van der Waals surface area contributed by atoms with E-state index in [9.17, 15) is 4.79 Å². The Morgan fingerprint density at radius 3 is 2.81 bits per heavy atom. The summed E-state index contributed by atoms with van der Waals surface area (Å²) in [6.07, 6.45) is 6.67. The Labute approximate surface area is 135 Å². The van der Waals surface area contributed by atoms with Crippen molar-refractivity contribution >= 4 is 18.3 Å². The number of ether oxygens (including phenoxy) is 1. The van der Waals surface area contributed by atoms with Gasteiger partial charge in [-0.25, -0.2) is 0 Å². The third-order valence-corrected chi connectivity index (χ3v) is 4.54. The van der Waals surface area contributed by atoms with Crippen molar-refractivity contribution in [1.29, 1.82) is 0 Å². The maximum atomic E-state index is 12.6. The number of halogens is 1. The second-order valence-corrected chi connectivity index (χ2v) is 6.36. The zero-order valence-corrected chi connectivity index (χ0v) is 14.3. The van der Waals surface area contributed by atoms with Crippen molar-refractivity contribution in [2.24, 2.45) is 5.92 Å². The van der Waals surface area contributed by atoms with Crippen molar-refractivity contribution < 1.29 is 9.53 Å². The molecule has 0 spiro atoms. The molecule has 124 valence electrons. The first-order chi connectivity index (χ1) is 9.70. The molecular formula is C16H31ClN2O2. The lowest BCUT2D eigenvalue weighted by atomic mass is 9.88. The minimum Gasteiger partial charge on any atom is -0.365 e. The molecule has 1 N–H and O–H groups in total. The first kappa shape index (κ1) is 18.7. The number of carbonyl (C=O) groups excluding carboxylic acids is 1. The number of rotatable bonds is 4. The number of nitrogens with zero attached hydrogens (tertiary/aromatic N) is 1. The van der Waals surface area contributed by atoms with Gasteiger partial charge in [-0.1, -0.05) is 26.7 Å². The van der Waals surface area contributed by atoms with Gasteiger partial charge in [0.1, 0.15) is 6.10 Å². The fraction of sp³-hybridized carbons (Fsp3) is 0.938. The van der Waals surface area contributed by atoms with Crippen LogP contribution in [0, 0.1) is 5.92 Å². The van der Waals surface area contributed by atoms with E-state index in [2.05, 4.69) is 19.2 Å². The second-order valence-electron chi connectivity index (χ2n) is 6.36. The average Bonchev–Trinajstić information content (AvgIpc) is 2.73. The summed E-state index contributed by atoms with van der Waals surface area (Å²) in [5, 5.41) is 3.34. The lowest BCUT2D eigenvalue weighted by Crippen LogP contribution is -2.43. The lowest BCUT2D eigenvalue weighted by molar-refractivity contribution is -0.149. The fourth-order valence-corrected chi connectivity index (χ4v) is 3.33. The highest BCUT2D eigenvalue weighted by Gasteiger charge is 2.28. The molecule has 1 saturated heterocycles. The first-order valence-corrected chi connectivity index (χ1v) is 8.35. The Balaban J connectivity index is 0.00000220. The van der Waals surface area contributed by atoms with E-state index in [1.807, 2.05) is 4.90 Å². The molecule has 1 saturated carbocycles. The number of hydrogen-bond donors (Lipinski definition) is 1. The molecule has 1 heterocycles. The first-order valence-electron chi connectivity index (χ1n) is 8.35. The van der Waals surface area contributed by atoms with E-state index in [1.165, 1.54) is 12.8 Å². The highest BCUT2D eigenvalue weighted by molar-refractivity contribution is 5.85. The Bertz CT molecular complexity index is 307. The second kappa shape index (κ2) is 9.65. The maximum Gasteiger partial charge on any atom is 0.251 e. The van der Waals surface area contributed by atoms with Crippen LogP contribution in [0.4, 0.5) is 0 Å². The predicted octanol–water partition coefficient (Wildman–Crippen LogP) is 2.60. The minimum atomic E-state index is -0.233. The molecule has 0 aromatic rings. The Morgan fingerprint density at radius 1 is 1.29 bits per heavy atom. The highest BCUT2D eigenvalue weighted by atomic mass is 35.5. The van der Waals surface area contributed by atoms with E-state index in [0.29, 0.717) is 0 Å². The molecule has 1 amide bonds. The number of hydrogen-bond acceptors (Lipinski definition) is 3. The third kappa shape index (κ3) is 5.76.